The lowest BCUT2D eigenvalue weighted by Crippen LogP contribution is -2.30. The maximum Gasteiger partial charge on any atom is 0.435 e. The summed E-state index contributed by atoms with van der Waals surface area (Å²) in [5.74, 6) is 0. The smallest absolute Gasteiger partial charge is 0.391 e. The van der Waals surface area contributed by atoms with Crippen molar-refractivity contribution in [3.63, 3.8) is 0 Å². The van der Waals surface area contributed by atoms with Gasteiger partial charge in [0.1, 0.15) is 0 Å². The highest BCUT2D eigenvalue weighted by Gasteiger charge is 2.33. The minimum absolute atomic E-state index is 0.237. The van der Waals surface area contributed by atoms with Gasteiger partial charge in [0.05, 0.1) is 12.6 Å². The van der Waals surface area contributed by atoms with E-state index in [4.69, 9.17) is 0 Å². The Morgan fingerprint density at radius 3 is 2.62 bits per heavy atom. The van der Waals surface area contributed by atoms with Crippen LogP contribution in [-0.2, 0) is 12.7 Å². The fraction of sp³-hybridized carbons (Fsp3) is 0.556. The van der Waals surface area contributed by atoms with E-state index in [1.165, 1.54) is 0 Å². The van der Waals surface area contributed by atoms with Crippen molar-refractivity contribution in [2.24, 2.45) is 0 Å². The molecule has 1 unspecified atom stereocenters. The van der Waals surface area contributed by atoms with E-state index in [1.807, 2.05) is 0 Å². The molecule has 7 heteroatoms. The van der Waals surface area contributed by atoms with Crippen LogP contribution in [0.1, 0.15) is 19.0 Å². The zero-order valence-electron chi connectivity index (χ0n) is 8.53. The molecule has 0 aliphatic carbocycles. The lowest BCUT2D eigenvalue weighted by atomic mass is 10.3. The topological polar surface area (TPSA) is 55.1 Å². The SMILES string of the molecule is CCC(O)Cn1nc(C(F)(F)F)ccc1=O. The van der Waals surface area contributed by atoms with Gasteiger partial charge >= 0.3 is 6.18 Å². The summed E-state index contributed by atoms with van der Waals surface area (Å²) in [6.07, 6.45) is -5.13. The van der Waals surface area contributed by atoms with Crippen LogP contribution in [0, 0.1) is 0 Å². The van der Waals surface area contributed by atoms with E-state index in [0.717, 1.165) is 6.07 Å². The molecule has 16 heavy (non-hydrogen) atoms. The maximum atomic E-state index is 12.3. The molecule has 4 nitrogen and oxygen atoms in total. The molecule has 0 radical (unpaired) electrons. The highest BCUT2D eigenvalue weighted by Crippen LogP contribution is 2.26. The molecule has 90 valence electrons. The Kier molecular flexibility index (Phi) is 3.69. The number of hydrogen-bond donors (Lipinski definition) is 1. The fourth-order valence-electron chi connectivity index (χ4n) is 1.06. The van der Waals surface area contributed by atoms with Crippen LogP contribution in [0.15, 0.2) is 16.9 Å². The molecule has 1 heterocycles. The van der Waals surface area contributed by atoms with Crippen LogP contribution in [0.3, 0.4) is 0 Å². The first-order valence-corrected chi connectivity index (χ1v) is 4.68. The predicted molar refractivity (Wildman–Crippen MR) is 49.8 cm³/mol. The van der Waals surface area contributed by atoms with Crippen LogP contribution in [0.2, 0.25) is 0 Å². The summed E-state index contributed by atoms with van der Waals surface area (Å²) in [6.45, 7) is 1.42. The van der Waals surface area contributed by atoms with Crippen molar-refractivity contribution >= 4 is 0 Å². The first kappa shape index (κ1) is 12.7. The lowest BCUT2D eigenvalue weighted by molar-refractivity contribution is -0.142. The fourth-order valence-corrected chi connectivity index (χ4v) is 1.06. The van der Waals surface area contributed by atoms with Gasteiger partial charge in [-0.2, -0.15) is 18.3 Å². The summed E-state index contributed by atoms with van der Waals surface area (Å²) in [5.41, 5.74) is -1.81. The Balaban J connectivity index is 3.05. The summed E-state index contributed by atoms with van der Waals surface area (Å²) < 4.78 is 37.5. The molecule has 1 N–H and O–H groups in total. The van der Waals surface area contributed by atoms with Gasteiger partial charge in [-0.3, -0.25) is 4.79 Å². The van der Waals surface area contributed by atoms with Gasteiger partial charge in [0.15, 0.2) is 5.69 Å². The van der Waals surface area contributed by atoms with Gasteiger partial charge in [0, 0.05) is 6.07 Å². The van der Waals surface area contributed by atoms with Crippen molar-refractivity contribution in [2.75, 3.05) is 0 Å². The number of rotatable bonds is 3. The van der Waals surface area contributed by atoms with Gasteiger partial charge in [0.25, 0.3) is 5.56 Å². The molecule has 0 aliphatic rings. The number of alkyl halides is 3. The Labute approximate surface area is 89.3 Å². The second-order valence-electron chi connectivity index (χ2n) is 3.30. The van der Waals surface area contributed by atoms with E-state index in [-0.39, 0.29) is 6.54 Å². The summed E-state index contributed by atoms with van der Waals surface area (Å²) >= 11 is 0. The zero-order chi connectivity index (χ0) is 12.3. The van der Waals surface area contributed by atoms with Crippen molar-refractivity contribution in [1.82, 2.24) is 9.78 Å². The molecule has 1 aromatic heterocycles. The molecule has 0 fully saturated rings. The van der Waals surface area contributed by atoms with Gasteiger partial charge in [-0.1, -0.05) is 6.92 Å². The van der Waals surface area contributed by atoms with E-state index in [0.29, 0.717) is 17.2 Å². The Morgan fingerprint density at radius 1 is 1.50 bits per heavy atom. The lowest BCUT2D eigenvalue weighted by Gasteiger charge is -2.11. The van der Waals surface area contributed by atoms with Gasteiger partial charge in [-0.25, -0.2) is 4.68 Å². The van der Waals surface area contributed by atoms with E-state index >= 15 is 0 Å². The van der Waals surface area contributed by atoms with Crippen molar-refractivity contribution in [3.8, 4) is 0 Å². The van der Waals surface area contributed by atoms with Crippen LogP contribution >= 0.6 is 0 Å². The minimum Gasteiger partial charge on any atom is -0.391 e. The van der Waals surface area contributed by atoms with Crippen molar-refractivity contribution < 1.29 is 18.3 Å². The first-order chi connectivity index (χ1) is 7.34. The highest BCUT2D eigenvalue weighted by molar-refractivity contribution is 5.04. The highest BCUT2D eigenvalue weighted by atomic mass is 19.4. The second kappa shape index (κ2) is 4.65. The number of aromatic nitrogens is 2. The molecule has 0 saturated carbocycles. The average molecular weight is 236 g/mol. The standard InChI is InChI=1S/C9H11F3N2O2/c1-2-6(15)5-14-8(16)4-3-7(13-14)9(10,11)12/h3-4,6,15H,2,5H2,1H3. The molecule has 0 amide bonds. The molecule has 1 aromatic rings. The third-order valence-corrected chi connectivity index (χ3v) is 2.01. The third kappa shape index (κ3) is 3.06. The van der Waals surface area contributed by atoms with E-state index < -0.39 is 23.5 Å². The Morgan fingerprint density at radius 2 is 2.12 bits per heavy atom. The summed E-state index contributed by atoms with van der Waals surface area (Å²) in [4.78, 5) is 11.2. The quantitative estimate of drug-likeness (QED) is 0.852. The largest absolute Gasteiger partial charge is 0.435 e. The molecule has 1 atom stereocenters. The van der Waals surface area contributed by atoms with Crippen molar-refractivity contribution in [2.45, 2.75) is 32.2 Å². The normalized spacial score (nSPS) is 13.8. The molecule has 0 spiro atoms. The van der Waals surface area contributed by atoms with E-state index in [9.17, 15) is 23.1 Å². The summed E-state index contributed by atoms with van der Waals surface area (Å²) in [5, 5.41) is 12.4. The molecule has 0 bridgehead atoms. The molecule has 1 rings (SSSR count). The van der Waals surface area contributed by atoms with Crippen LogP contribution in [0.4, 0.5) is 13.2 Å². The summed E-state index contributed by atoms with van der Waals surface area (Å²) in [6, 6.07) is 1.41. The zero-order valence-corrected chi connectivity index (χ0v) is 8.53. The van der Waals surface area contributed by atoms with Crippen LogP contribution in [0.25, 0.3) is 0 Å². The minimum atomic E-state index is -4.59. The number of hydrogen-bond acceptors (Lipinski definition) is 3. The van der Waals surface area contributed by atoms with Crippen molar-refractivity contribution in [3.05, 3.63) is 28.2 Å². The first-order valence-electron chi connectivity index (χ1n) is 4.68. The van der Waals surface area contributed by atoms with Gasteiger partial charge < -0.3 is 5.11 Å². The Bertz CT molecular complexity index is 414. The van der Waals surface area contributed by atoms with Crippen molar-refractivity contribution in [1.29, 1.82) is 0 Å². The van der Waals surface area contributed by atoms with Crippen LogP contribution < -0.4 is 5.56 Å². The molecular formula is C9H11F3N2O2. The van der Waals surface area contributed by atoms with Gasteiger partial charge in [-0.15, -0.1) is 0 Å². The second-order valence-corrected chi connectivity index (χ2v) is 3.30. The molecule has 0 aromatic carbocycles. The van der Waals surface area contributed by atoms with E-state index in [1.54, 1.807) is 6.92 Å². The molecule has 0 saturated heterocycles. The third-order valence-electron chi connectivity index (χ3n) is 2.01. The van der Waals surface area contributed by atoms with Gasteiger partial charge in [-0.05, 0) is 12.5 Å². The monoisotopic (exact) mass is 236 g/mol. The maximum absolute atomic E-state index is 12.3. The van der Waals surface area contributed by atoms with Crippen LogP contribution in [-0.4, -0.2) is 21.0 Å². The number of aliphatic hydroxyl groups excluding tert-OH is 1. The number of nitrogens with zero attached hydrogens (tertiary/aromatic N) is 2. The summed E-state index contributed by atoms with van der Waals surface area (Å²) in [7, 11) is 0. The van der Waals surface area contributed by atoms with Crippen LogP contribution in [0.5, 0.6) is 0 Å². The van der Waals surface area contributed by atoms with Gasteiger partial charge in [0.2, 0.25) is 0 Å². The predicted octanol–water partition coefficient (Wildman–Crippen LogP) is 1.03. The Hall–Kier alpha value is -1.37. The number of aliphatic hydroxyl groups is 1. The molecule has 0 aliphatic heterocycles. The number of halogens is 3. The average Bonchev–Trinajstić information content (AvgIpc) is 2.19. The van der Waals surface area contributed by atoms with E-state index in [2.05, 4.69) is 5.10 Å². The molecular weight excluding hydrogens is 225 g/mol.